The maximum atomic E-state index is 11.7. The molecule has 0 aliphatic heterocycles. The molecule has 0 saturated carbocycles. The Morgan fingerprint density at radius 3 is 2.07 bits per heavy atom. The molecule has 0 atom stereocenters. The first-order chi connectivity index (χ1) is 6.68. The predicted octanol–water partition coefficient (Wildman–Crippen LogP) is 1.92. The van der Waals surface area contributed by atoms with E-state index in [4.69, 9.17) is 19.3 Å². The van der Waals surface area contributed by atoms with Crippen molar-refractivity contribution in [3.63, 3.8) is 0 Å². The second-order valence-corrected chi connectivity index (χ2v) is 4.28. The first-order valence-corrected chi connectivity index (χ1v) is 6.38. The van der Waals surface area contributed by atoms with Gasteiger partial charge in [-0.3, -0.25) is 13.6 Å². The van der Waals surface area contributed by atoms with Crippen LogP contribution in [0.25, 0.3) is 0 Å². The Bertz CT molecular complexity index is 167. The highest BCUT2D eigenvalue weighted by molar-refractivity contribution is 7.48. The highest BCUT2D eigenvalue weighted by atomic mass is 31.2. The van der Waals surface area contributed by atoms with Crippen molar-refractivity contribution in [1.29, 1.82) is 0 Å². The average Bonchev–Trinajstić information content (AvgIpc) is 2.13. The van der Waals surface area contributed by atoms with Gasteiger partial charge in [0.05, 0.1) is 19.8 Å². The van der Waals surface area contributed by atoms with Crippen molar-refractivity contribution in [2.75, 3.05) is 26.4 Å². The molecule has 0 aliphatic rings. The Balaban J connectivity index is 3.78. The quantitative estimate of drug-likeness (QED) is 0.479. The average molecular weight is 225 g/mol. The zero-order chi connectivity index (χ0) is 10.9. The largest absolute Gasteiger partial charge is 0.474 e. The molecule has 14 heavy (non-hydrogen) atoms. The summed E-state index contributed by atoms with van der Waals surface area (Å²) in [4.78, 5) is 0. The molecule has 86 valence electrons. The second-order valence-electron chi connectivity index (χ2n) is 2.61. The normalized spacial score (nSPS) is 11.9. The van der Waals surface area contributed by atoms with Crippen molar-refractivity contribution in [3.8, 4) is 0 Å². The van der Waals surface area contributed by atoms with Crippen molar-refractivity contribution in [2.45, 2.75) is 26.7 Å². The Morgan fingerprint density at radius 2 is 1.64 bits per heavy atom. The molecule has 0 radical (unpaired) electrons. The molecule has 0 aromatic carbocycles. The zero-order valence-corrected chi connectivity index (χ0v) is 9.79. The summed E-state index contributed by atoms with van der Waals surface area (Å²) in [6, 6.07) is 0. The summed E-state index contributed by atoms with van der Waals surface area (Å²) in [5, 5.41) is 0. The molecule has 0 unspecified atom stereocenters. The van der Waals surface area contributed by atoms with Crippen LogP contribution in [-0.2, 0) is 18.1 Å². The second kappa shape index (κ2) is 8.38. The summed E-state index contributed by atoms with van der Waals surface area (Å²) in [6.07, 6.45) is 1.61. The smallest absolute Gasteiger partial charge is 0.330 e. The minimum atomic E-state index is -3.30. The third kappa shape index (κ3) is 6.51. The molecule has 6 heteroatoms. The van der Waals surface area contributed by atoms with E-state index in [0.29, 0.717) is 26.4 Å². The third-order valence-electron chi connectivity index (χ3n) is 1.42. The van der Waals surface area contributed by atoms with E-state index >= 15 is 0 Å². The Morgan fingerprint density at radius 1 is 1.07 bits per heavy atom. The van der Waals surface area contributed by atoms with Gasteiger partial charge in [0.15, 0.2) is 0 Å². The van der Waals surface area contributed by atoms with Crippen molar-refractivity contribution in [2.24, 2.45) is 5.73 Å². The number of phosphoric acid groups is 1. The molecule has 2 N–H and O–H groups in total. The number of hydrogen-bond donors (Lipinski definition) is 1. The maximum absolute atomic E-state index is 11.7. The van der Waals surface area contributed by atoms with Gasteiger partial charge in [0.1, 0.15) is 0 Å². The van der Waals surface area contributed by atoms with Crippen LogP contribution in [0.2, 0.25) is 0 Å². The molecule has 0 rings (SSSR count). The number of rotatable bonds is 9. The van der Waals surface area contributed by atoms with Gasteiger partial charge in [-0.25, -0.2) is 4.57 Å². The SMILES string of the molecule is CCOP(=O)(OCC)OCCCCN. The van der Waals surface area contributed by atoms with E-state index in [1.54, 1.807) is 13.8 Å². The fourth-order valence-corrected chi connectivity index (χ4v) is 2.06. The van der Waals surface area contributed by atoms with Crippen LogP contribution >= 0.6 is 7.82 Å². The summed E-state index contributed by atoms with van der Waals surface area (Å²) < 4.78 is 26.6. The van der Waals surface area contributed by atoms with E-state index < -0.39 is 7.82 Å². The van der Waals surface area contributed by atoms with Crippen LogP contribution in [-0.4, -0.2) is 26.4 Å². The number of phosphoric ester groups is 1. The van der Waals surface area contributed by atoms with Crippen molar-refractivity contribution < 1.29 is 18.1 Å². The van der Waals surface area contributed by atoms with Crippen molar-refractivity contribution >= 4 is 7.82 Å². The van der Waals surface area contributed by atoms with Crippen molar-refractivity contribution in [3.05, 3.63) is 0 Å². The third-order valence-corrected chi connectivity index (χ3v) is 3.07. The summed E-state index contributed by atoms with van der Waals surface area (Å²) in [5.41, 5.74) is 5.31. The van der Waals surface area contributed by atoms with Crippen LogP contribution in [0.5, 0.6) is 0 Å². The molecule has 0 bridgehead atoms. The molecule has 0 aliphatic carbocycles. The molecule has 0 saturated heterocycles. The van der Waals surface area contributed by atoms with E-state index in [1.165, 1.54) is 0 Å². The number of hydrogen-bond acceptors (Lipinski definition) is 5. The van der Waals surface area contributed by atoms with Crippen LogP contribution in [0.15, 0.2) is 0 Å². The van der Waals surface area contributed by atoms with E-state index in [1.807, 2.05) is 0 Å². The first kappa shape index (κ1) is 14.1. The molecule has 0 spiro atoms. The topological polar surface area (TPSA) is 70.8 Å². The minimum Gasteiger partial charge on any atom is -0.330 e. The lowest BCUT2D eigenvalue weighted by atomic mass is 10.3. The lowest BCUT2D eigenvalue weighted by molar-refractivity contribution is 0.120. The summed E-state index contributed by atoms with van der Waals surface area (Å²) in [6.45, 7) is 5.08. The van der Waals surface area contributed by atoms with Gasteiger partial charge in [-0.1, -0.05) is 0 Å². The number of unbranched alkanes of at least 4 members (excludes halogenated alkanes) is 1. The van der Waals surface area contributed by atoms with Gasteiger partial charge < -0.3 is 5.73 Å². The van der Waals surface area contributed by atoms with Gasteiger partial charge in [-0.15, -0.1) is 0 Å². The first-order valence-electron chi connectivity index (χ1n) is 4.92. The van der Waals surface area contributed by atoms with Crippen molar-refractivity contribution in [1.82, 2.24) is 0 Å². The van der Waals surface area contributed by atoms with Crippen LogP contribution < -0.4 is 5.73 Å². The van der Waals surface area contributed by atoms with E-state index in [9.17, 15) is 4.57 Å². The predicted molar refractivity (Wildman–Crippen MR) is 55.1 cm³/mol. The van der Waals surface area contributed by atoms with Gasteiger partial charge >= 0.3 is 7.82 Å². The molecule has 0 fully saturated rings. The summed E-state index contributed by atoms with van der Waals surface area (Å²) in [7, 11) is -3.30. The maximum Gasteiger partial charge on any atom is 0.474 e. The highest BCUT2D eigenvalue weighted by Crippen LogP contribution is 2.49. The molecule has 0 heterocycles. The Labute approximate surface area is 85.5 Å². The zero-order valence-electron chi connectivity index (χ0n) is 8.90. The standard InChI is InChI=1S/C8H20NO4P/c1-3-11-14(10,12-4-2)13-8-6-5-7-9/h3-9H2,1-2H3. The monoisotopic (exact) mass is 225 g/mol. The van der Waals surface area contributed by atoms with Gasteiger partial charge in [-0.2, -0.15) is 0 Å². The molecular formula is C8H20NO4P. The lowest BCUT2D eigenvalue weighted by Crippen LogP contribution is -2.04. The Kier molecular flexibility index (Phi) is 8.43. The Hall–Kier alpha value is 0.0700. The van der Waals surface area contributed by atoms with Crippen LogP contribution in [0.4, 0.5) is 0 Å². The van der Waals surface area contributed by atoms with Crippen LogP contribution in [0.3, 0.4) is 0 Å². The van der Waals surface area contributed by atoms with E-state index in [-0.39, 0.29) is 0 Å². The molecule has 5 nitrogen and oxygen atoms in total. The lowest BCUT2D eigenvalue weighted by Gasteiger charge is -2.15. The fourth-order valence-electron chi connectivity index (χ4n) is 0.851. The van der Waals surface area contributed by atoms with E-state index in [0.717, 1.165) is 12.8 Å². The van der Waals surface area contributed by atoms with Crippen LogP contribution in [0, 0.1) is 0 Å². The molecule has 0 amide bonds. The summed E-state index contributed by atoms with van der Waals surface area (Å²) >= 11 is 0. The highest BCUT2D eigenvalue weighted by Gasteiger charge is 2.24. The van der Waals surface area contributed by atoms with Crippen LogP contribution in [0.1, 0.15) is 26.7 Å². The molecular weight excluding hydrogens is 205 g/mol. The number of nitrogens with two attached hydrogens (primary N) is 1. The minimum absolute atomic E-state index is 0.314. The fraction of sp³-hybridized carbons (Fsp3) is 1.00. The molecule has 0 aromatic heterocycles. The summed E-state index contributed by atoms with van der Waals surface area (Å²) in [5.74, 6) is 0. The van der Waals surface area contributed by atoms with Gasteiger partial charge in [0.2, 0.25) is 0 Å². The van der Waals surface area contributed by atoms with Gasteiger partial charge in [0, 0.05) is 0 Å². The van der Waals surface area contributed by atoms with Gasteiger partial charge in [-0.05, 0) is 33.2 Å². The van der Waals surface area contributed by atoms with E-state index in [2.05, 4.69) is 0 Å². The molecule has 0 aromatic rings. The van der Waals surface area contributed by atoms with Gasteiger partial charge in [0.25, 0.3) is 0 Å².